The molecule has 0 saturated carbocycles. The van der Waals surface area contributed by atoms with Crippen LogP contribution in [0.25, 0.3) is 0 Å². The molecule has 2 amide bonds. The molecule has 3 aromatic carbocycles. The molecule has 0 aliphatic carbocycles. The first-order valence-electron chi connectivity index (χ1n) is 15.6. The van der Waals surface area contributed by atoms with E-state index in [1.807, 2.05) is 26.8 Å². The molecule has 3 rings (SSSR count). The van der Waals surface area contributed by atoms with Crippen LogP contribution in [0.4, 0.5) is 8.78 Å². The molecule has 0 radical (unpaired) electrons. The van der Waals surface area contributed by atoms with Crippen LogP contribution in [-0.2, 0) is 15.6 Å². The number of unbranched alkanes of at least 4 members (excludes halogenated alkanes) is 1. The largest absolute Gasteiger partial charge is 0.507 e. The Bertz CT molecular complexity index is 1360. The second-order valence-electron chi connectivity index (χ2n) is 13.0. The van der Waals surface area contributed by atoms with Gasteiger partial charge in [0.2, 0.25) is 5.91 Å². The van der Waals surface area contributed by atoms with E-state index < -0.39 is 0 Å². The quantitative estimate of drug-likeness (QED) is 0.140. The second kappa shape index (κ2) is 16.9. The first kappa shape index (κ1) is 37.2. The first-order valence-corrected chi connectivity index (χ1v) is 15.6. The van der Waals surface area contributed by atoms with E-state index in [4.69, 9.17) is 0 Å². The van der Waals surface area contributed by atoms with Crippen molar-refractivity contribution >= 4 is 11.8 Å². The number of amides is 2. The summed E-state index contributed by atoms with van der Waals surface area (Å²) in [6.45, 7) is 16.4. The molecule has 0 bridgehead atoms. The summed E-state index contributed by atoms with van der Waals surface area (Å²) in [5.74, 6) is -0.293. The molecule has 0 aromatic heterocycles. The smallest absolute Gasteiger partial charge is 0.251 e. The topological polar surface area (TPSA) is 78.4 Å². The van der Waals surface area contributed by atoms with Gasteiger partial charge in [-0.3, -0.25) is 9.59 Å². The summed E-state index contributed by atoms with van der Waals surface area (Å²) in [7, 11) is 1.62. The second-order valence-corrected chi connectivity index (χ2v) is 13.0. The number of hydrogen-bond donors (Lipinski definition) is 3. The zero-order chi connectivity index (χ0) is 33.8. The van der Waals surface area contributed by atoms with Gasteiger partial charge in [0.1, 0.15) is 17.4 Å². The SMILES string of the molecule is C=CCNC(=O)CCCCC(c1ccc(F)cc1)c1ccc(F)cc1.CCC(C)(C)c1cc(C(=O)NC)cc(C(C)(C)C)c1O. The molecule has 45 heavy (non-hydrogen) atoms. The Morgan fingerprint density at radius 3 is 1.84 bits per heavy atom. The number of carbonyl (C=O) groups is 2. The summed E-state index contributed by atoms with van der Waals surface area (Å²) in [5.41, 5.74) is 3.85. The van der Waals surface area contributed by atoms with E-state index in [2.05, 4.69) is 38.0 Å². The third-order valence-corrected chi connectivity index (χ3v) is 8.16. The summed E-state index contributed by atoms with van der Waals surface area (Å²) >= 11 is 0. The van der Waals surface area contributed by atoms with E-state index in [-0.39, 0.29) is 40.2 Å². The molecule has 244 valence electrons. The normalized spacial score (nSPS) is 11.4. The molecule has 5 nitrogen and oxygen atoms in total. The van der Waals surface area contributed by atoms with E-state index in [0.29, 0.717) is 24.3 Å². The molecule has 0 saturated heterocycles. The van der Waals surface area contributed by atoms with Gasteiger partial charge in [-0.1, -0.05) is 78.3 Å². The highest BCUT2D eigenvalue weighted by molar-refractivity contribution is 5.95. The van der Waals surface area contributed by atoms with Crippen molar-refractivity contribution in [3.63, 3.8) is 0 Å². The summed E-state index contributed by atoms with van der Waals surface area (Å²) in [6, 6.07) is 16.4. The molecule has 0 fully saturated rings. The van der Waals surface area contributed by atoms with Crippen LogP contribution in [-0.4, -0.2) is 30.5 Å². The van der Waals surface area contributed by atoms with Crippen molar-refractivity contribution in [1.82, 2.24) is 10.6 Å². The van der Waals surface area contributed by atoms with Gasteiger partial charge in [0, 0.05) is 42.6 Å². The number of aromatic hydroxyl groups is 1. The third-order valence-electron chi connectivity index (χ3n) is 8.16. The van der Waals surface area contributed by atoms with Gasteiger partial charge in [-0.2, -0.15) is 0 Å². The predicted molar refractivity (Wildman–Crippen MR) is 180 cm³/mol. The van der Waals surface area contributed by atoms with Gasteiger partial charge in [0.15, 0.2) is 0 Å². The van der Waals surface area contributed by atoms with Crippen LogP contribution in [0, 0.1) is 11.6 Å². The molecule has 0 spiro atoms. The maximum absolute atomic E-state index is 13.2. The number of nitrogens with one attached hydrogen (secondary N) is 2. The lowest BCUT2D eigenvalue weighted by Crippen LogP contribution is -2.23. The van der Waals surface area contributed by atoms with Gasteiger partial charge in [-0.25, -0.2) is 8.78 Å². The number of halogens is 2. The molecular weight excluding hydrogens is 570 g/mol. The minimum absolute atomic E-state index is 0.0139. The fraction of sp³-hybridized carbons (Fsp3) is 0.421. The number of hydrogen-bond acceptors (Lipinski definition) is 3. The lowest BCUT2D eigenvalue weighted by molar-refractivity contribution is -0.121. The average Bonchev–Trinajstić information content (AvgIpc) is 3.00. The zero-order valence-corrected chi connectivity index (χ0v) is 27.9. The molecule has 0 heterocycles. The Kier molecular flexibility index (Phi) is 14.0. The van der Waals surface area contributed by atoms with Crippen molar-refractivity contribution in [2.75, 3.05) is 13.6 Å². The van der Waals surface area contributed by atoms with Crippen LogP contribution >= 0.6 is 0 Å². The van der Waals surface area contributed by atoms with Crippen LogP contribution in [0.3, 0.4) is 0 Å². The van der Waals surface area contributed by atoms with Gasteiger partial charge < -0.3 is 15.7 Å². The lowest BCUT2D eigenvalue weighted by atomic mass is 9.76. The van der Waals surface area contributed by atoms with Crippen LogP contribution < -0.4 is 10.6 Å². The number of benzene rings is 3. The Morgan fingerprint density at radius 1 is 0.889 bits per heavy atom. The highest BCUT2D eigenvalue weighted by atomic mass is 19.1. The number of phenols is 1. The van der Waals surface area contributed by atoms with Gasteiger partial charge in [0.25, 0.3) is 5.91 Å². The Balaban J connectivity index is 0.000000322. The molecular formula is C38H50F2N2O3. The van der Waals surface area contributed by atoms with E-state index in [0.717, 1.165) is 47.9 Å². The number of rotatable bonds is 12. The van der Waals surface area contributed by atoms with Crippen molar-refractivity contribution < 1.29 is 23.5 Å². The maximum atomic E-state index is 13.2. The van der Waals surface area contributed by atoms with Crippen LogP contribution in [0.2, 0.25) is 0 Å². The minimum Gasteiger partial charge on any atom is -0.507 e. The first-order chi connectivity index (χ1) is 21.1. The highest BCUT2D eigenvalue weighted by Gasteiger charge is 2.29. The van der Waals surface area contributed by atoms with Crippen molar-refractivity contribution in [1.29, 1.82) is 0 Å². The molecule has 0 aliphatic rings. The van der Waals surface area contributed by atoms with E-state index in [1.165, 1.54) is 24.3 Å². The van der Waals surface area contributed by atoms with Crippen molar-refractivity contribution in [2.24, 2.45) is 0 Å². The van der Waals surface area contributed by atoms with Crippen LogP contribution in [0.15, 0.2) is 73.3 Å². The summed E-state index contributed by atoms with van der Waals surface area (Å²) in [4.78, 5) is 23.6. The average molecular weight is 621 g/mol. The molecule has 0 atom stereocenters. The van der Waals surface area contributed by atoms with Gasteiger partial charge in [-0.15, -0.1) is 6.58 Å². The van der Waals surface area contributed by atoms with Gasteiger partial charge in [-0.05, 0) is 77.6 Å². The number of phenolic OH excluding ortho intramolecular Hbond substituents is 1. The molecule has 3 aromatic rings. The van der Waals surface area contributed by atoms with Crippen molar-refractivity contribution in [3.8, 4) is 5.75 Å². The van der Waals surface area contributed by atoms with E-state index in [1.54, 1.807) is 43.5 Å². The zero-order valence-electron chi connectivity index (χ0n) is 27.9. The van der Waals surface area contributed by atoms with Crippen molar-refractivity contribution in [3.05, 3.63) is 113 Å². The van der Waals surface area contributed by atoms with Crippen molar-refractivity contribution in [2.45, 2.75) is 90.4 Å². The van der Waals surface area contributed by atoms with Gasteiger partial charge in [0.05, 0.1) is 0 Å². The molecule has 0 aliphatic heterocycles. The Hall–Kier alpha value is -4.00. The lowest BCUT2D eigenvalue weighted by Gasteiger charge is -2.29. The third kappa shape index (κ3) is 11.1. The van der Waals surface area contributed by atoms with Crippen LogP contribution in [0.5, 0.6) is 5.75 Å². The van der Waals surface area contributed by atoms with E-state index >= 15 is 0 Å². The number of carbonyl (C=O) groups excluding carboxylic acids is 2. The molecule has 3 N–H and O–H groups in total. The standard InChI is InChI=1S/C21H23F2NO.C17H27NO2/c1-2-15-24-21(25)6-4-3-5-20(16-7-11-18(22)12-8-16)17-9-13-19(23)14-10-17;1-8-17(5,6)13-10-11(15(20)18-7)9-12(14(13)19)16(2,3)4/h2,7-14,20H,1,3-6,15H2,(H,24,25);9-10,19H,8H2,1-7H3,(H,18,20). The van der Waals surface area contributed by atoms with Gasteiger partial charge >= 0.3 is 0 Å². The fourth-order valence-electron chi connectivity index (χ4n) is 5.01. The highest BCUT2D eigenvalue weighted by Crippen LogP contribution is 2.41. The molecule has 7 heteroatoms. The predicted octanol–water partition coefficient (Wildman–Crippen LogP) is 8.70. The molecule has 0 unspecified atom stereocenters. The minimum atomic E-state index is -0.277. The maximum Gasteiger partial charge on any atom is 0.251 e. The summed E-state index contributed by atoms with van der Waals surface area (Å²) in [5, 5.41) is 16.0. The summed E-state index contributed by atoms with van der Waals surface area (Å²) in [6.07, 6.45) is 5.43. The fourth-order valence-corrected chi connectivity index (χ4v) is 5.01. The summed E-state index contributed by atoms with van der Waals surface area (Å²) < 4.78 is 26.4. The van der Waals surface area contributed by atoms with Crippen LogP contribution in [0.1, 0.15) is 112 Å². The monoisotopic (exact) mass is 620 g/mol. The van der Waals surface area contributed by atoms with E-state index in [9.17, 15) is 23.5 Å². The Morgan fingerprint density at radius 2 is 1.40 bits per heavy atom. The Labute approximate surface area is 268 Å².